The Morgan fingerprint density at radius 2 is 1.87 bits per heavy atom. The van der Waals surface area contributed by atoms with Crippen LogP contribution >= 0.6 is 0 Å². The van der Waals surface area contributed by atoms with Crippen molar-refractivity contribution in [2.75, 3.05) is 31.3 Å². The molecule has 5 rings (SSSR count). The lowest BCUT2D eigenvalue weighted by atomic mass is 9.91. The molecule has 0 radical (unpaired) electrons. The standard InChI is InChI=1S/C27H33F3N6O2/c1-15(21-10-17(27(28,29)30)11-25(31)35-21)32-26-20-12-24(23(37-3)13-22(20)33-16(2)34-26)38-14-19-8-5-9-36(19)18-6-4-7-18/h10-13,15,18-19H,4-9,14H2,1-3H3,(H2,31,35)(H,32,33,34)/t15-,19+/m1/s1. The second-order valence-electron chi connectivity index (χ2n) is 10.1. The molecule has 1 aliphatic carbocycles. The number of nitrogens with zero attached hydrogens (tertiary/aromatic N) is 4. The quantitative estimate of drug-likeness (QED) is 0.393. The minimum Gasteiger partial charge on any atom is -0.493 e. The minimum atomic E-state index is -4.53. The molecule has 2 fully saturated rings. The van der Waals surface area contributed by atoms with Gasteiger partial charge in [-0.1, -0.05) is 6.42 Å². The molecule has 2 aromatic heterocycles. The summed E-state index contributed by atoms with van der Waals surface area (Å²) in [5.74, 6) is 1.90. The molecular formula is C27H33F3N6O2. The van der Waals surface area contributed by atoms with Gasteiger partial charge in [0, 0.05) is 23.5 Å². The monoisotopic (exact) mass is 530 g/mol. The Morgan fingerprint density at radius 3 is 2.55 bits per heavy atom. The maximum absolute atomic E-state index is 13.3. The van der Waals surface area contributed by atoms with Crippen LogP contribution in [0.3, 0.4) is 0 Å². The average Bonchev–Trinajstić information content (AvgIpc) is 3.27. The van der Waals surface area contributed by atoms with Gasteiger partial charge in [0.1, 0.15) is 24.1 Å². The van der Waals surface area contributed by atoms with Crippen LogP contribution in [0.2, 0.25) is 0 Å². The summed E-state index contributed by atoms with van der Waals surface area (Å²) in [4.78, 5) is 15.8. The molecule has 0 spiro atoms. The number of hydrogen-bond donors (Lipinski definition) is 2. The molecule has 204 valence electrons. The van der Waals surface area contributed by atoms with Gasteiger partial charge < -0.3 is 20.5 Å². The molecule has 2 atom stereocenters. The Hall–Kier alpha value is -3.34. The van der Waals surface area contributed by atoms with Gasteiger partial charge in [-0.3, -0.25) is 4.90 Å². The van der Waals surface area contributed by atoms with Crippen molar-refractivity contribution < 1.29 is 22.6 Å². The van der Waals surface area contributed by atoms with Crippen molar-refractivity contribution in [1.29, 1.82) is 0 Å². The van der Waals surface area contributed by atoms with Gasteiger partial charge in [0.25, 0.3) is 0 Å². The Balaban J connectivity index is 1.42. The van der Waals surface area contributed by atoms with E-state index in [2.05, 4.69) is 25.2 Å². The SMILES string of the molecule is COc1cc2nc(C)nc(N[C@H](C)c3cc(C(F)(F)F)cc(N)n3)c2cc1OC[C@@H]1CCCN1C1CCC1. The first kappa shape index (κ1) is 26.3. The Morgan fingerprint density at radius 1 is 1.08 bits per heavy atom. The van der Waals surface area contributed by atoms with Gasteiger partial charge in [-0.05, 0) is 64.3 Å². The van der Waals surface area contributed by atoms with Crippen LogP contribution in [0.5, 0.6) is 11.5 Å². The lowest BCUT2D eigenvalue weighted by molar-refractivity contribution is -0.137. The fourth-order valence-corrected chi connectivity index (χ4v) is 5.30. The van der Waals surface area contributed by atoms with E-state index in [0.29, 0.717) is 52.7 Å². The highest BCUT2D eigenvalue weighted by Crippen LogP contribution is 2.37. The fraction of sp³-hybridized carbons (Fsp3) is 0.519. The second-order valence-corrected chi connectivity index (χ2v) is 10.1. The molecule has 1 saturated carbocycles. The fourth-order valence-electron chi connectivity index (χ4n) is 5.30. The highest BCUT2D eigenvalue weighted by molar-refractivity contribution is 5.92. The largest absolute Gasteiger partial charge is 0.493 e. The first-order chi connectivity index (χ1) is 18.1. The number of aryl methyl sites for hydroxylation is 1. The van der Waals surface area contributed by atoms with Crippen LogP contribution in [-0.2, 0) is 6.18 Å². The topological polar surface area (TPSA) is 98.4 Å². The maximum atomic E-state index is 13.3. The molecule has 3 heterocycles. The molecule has 8 nitrogen and oxygen atoms in total. The van der Waals surface area contributed by atoms with Crippen LogP contribution in [0.1, 0.15) is 62.2 Å². The van der Waals surface area contributed by atoms with E-state index in [-0.39, 0.29) is 11.5 Å². The van der Waals surface area contributed by atoms with Crippen molar-refractivity contribution in [1.82, 2.24) is 19.9 Å². The molecule has 1 saturated heterocycles. The summed E-state index contributed by atoms with van der Waals surface area (Å²) in [7, 11) is 1.59. The molecule has 2 aliphatic rings. The molecule has 1 aliphatic heterocycles. The van der Waals surface area contributed by atoms with E-state index in [1.54, 1.807) is 27.0 Å². The molecule has 38 heavy (non-hydrogen) atoms. The summed E-state index contributed by atoms with van der Waals surface area (Å²) in [5.41, 5.74) is 5.62. The van der Waals surface area contributed by atoms with E-state index in [9.17, 15) is 13.2 Å². The van der Waals surface area contributed by atoms with E-state index < -0.39 is 17.8 Å². The van der Waals surface area contributed by atoms with Crippen LogP contribution in [0.25, 0.3) is 10.9 Å². The molecular weight excluding hydrogens is 497 g/mol. The first-order valence-electron chi connectivity index (χ1n) is 13.0. The van der Waals surface area contributed by atoms with Gasteiger partial charge >= 0.3 is 6.18 Å². The zero-order valence-electron chi connectivity index (χ0n) is 21.8. The van der Waals surface area contributed by atoms with Crippen LogP contribution in [0.15, 0.2) is 24.3 Å². The molecule has 11 heteroatoms. The van der Waals surface area contributed by atoms with Crippen molar-refractivity contribution in [2.24, 2.45) is 0 Å². The molecule has 0 bridgehead atoms. The predicted molar refractivity (Wildman–Crippen MR) is 139 cm³/mol. The maximum Gasteiger partial charge on any atom is 0.416 e. The number of pyridine rings is 1. The van der Waals surface area contributed by atoms with Crippen LogP contribution in [0.4, 0.5) is 24.8 Å². The van der Waals surface area contributed by atoms with E-state index in [1.165, 1.54) is 25.7 Å². The van der Waals surface area contributed by atoms with Gasteiger partial charge in [0.15, 0.2) is 11.5 Å². The lowest BCUT2D eigenvalue weighted by Gasteiger charge is -2.38. The summed E-state index contributed by atoms with van der Waals surface area (Å²) in [5, 5.41) is 3.87. The third kappa shape index (κ3) is 5.43. The second kappa shape index (κ2) is 10.4. The van der Waals surface area contributed by atoms with Gasteiger partial charge in [0.2, 0.25) is 0 Å². The van der Waals surface area contributed by atoms with Crippen molar-refractivity contribution in [3.63, 3.8) is 0 Å². The number of nitrogen functional groups attached to an aromatic ring is 1. The minimum absolute atomic E-state index is 0.157. The zero-order chi connectivity index (χ0) is 27.0. The molecule has 3 N–H and O–H groups in total. The highest BCUT2D eigenvalue weighted by Gasteiger charge is 2.34. The Kier molecular flexibility index (Phi) is 7.21. The number of anilines is 2. The van der Waals surface area contributed by atoms with Crippen LogP contribution in [0, 0.1) is 6.92 Å². The summed E-state index contributed by atoms with van der Waals surface area (Å²) in [6.07, 6.45) is 1.56. The number of halogens is 3. The van der Waals surface area contributed by atoms with Gasteiger partial charge in [-0.15, -0.1) is 0 Å². The van der Waals surface area contributed by atoms with Crippen molar-refractivity contribution >= 4 is 22.5 Å². The number of hydrogen-bond acceptors (Lipinski definition) is 8. The number of nitrogens with one attached hydrogen (secondary N) is 1. The third-order valence-electron chi connectivity index (χ3n) is 7.48. The van der Waals surface area contributed by atoms with Crippen molar-refractivity contribution in [2.45, 2.75) is 70.3 Å². The zero-order valence-corrected chi connectivity index (χ0v) is 21.8. The lowest BCUT2D eigenvalue weighted by Crippen LogP contribution is -2.45. The molecule has 1 aromatic carbocycles. The van der Waals surface area contributed by atoms with Crippen LogP contribution < -0.4 is 20.5 Å². The number of aromatic nitrogens is 3. The summed E-state index contributed by atoms with van der Waals surface area (Å²) in [6.45, 7) is 5.13. The summed E-state index contributed by atoms with van der Waals surface area (Å²) < 4.78 is 51.9. The molecule has 0 unspecified atom stereocenters. The smallest absolute Gasteiger partial charge is 0.416 e. The molecule has 0 amide bonds. The number of fused-ring (bicyclic) bond motifs is 1. The summed E-state index contributed by atoms with van der Waals surface area (Å²) >= 11 is 0. The Bertz CT molecular complexity index is 1310. The van der Waals surface area contributed by atoms with E-state index in [4.69, 9.17) is 15.2 Å². The molecule has 3 aromatic rings. The number of nitrogens with two attached hydrogens (primary N) is 1. The number of benzene rings is 1. The number of ether oxygens (including phenoxy) is 2. The van der Waals surface area contributed by atoms with Crippen molar-refractivity contribution in [3.05, 3.63) is 41.3 Å². The van der Waals surface area contributed by atoms with E-state index >= 15 is 0 Å². The van der Waals surface area contributed by atoms with Gasteiger partial charge in [-0.2, -0.15) is 13.2 Å². The summed E-state index contributed by atoms with van der Waals surface area (Å²) in [6, 6.07) is 5.87. The normalized spacial score (nSPS) is 19.4. The Labute approximate surface area is 219 Å². The van der Waals surface area contributed by atoms with E-state index in [1.807, 2.05) is 6.07 Å². The number of likely N-dealkylation sites (tertiary alicyclic amines) is 1. The average molecular weight is 531 g/mol. The first-order valence-corrected chi connectivity index (χ1v) is 13.0. The highest BCUT2D eigenvalue weighted by atomic mass is 19.4. The number of rotatable bonds is 8. The third-order valence-corrected chi connectivity index (χ3v) is 7.48. The van der Waals surface area contributed by atoms with Crippen LogP contribution in [-0.4, -0.2) is 52.2 Å². The van der Waals surface area contributed by atoms with E-state index in [0.717, 1.165) is 25.1 Å². The predicted octanol–water partition coefficient (Wildman–Crippen LogP) is 5.51. The van der Waals surface area contributed by atoms with Gasteiger partial charge in [-0.25, -0.2) is 15.0 Å². The number of methoxy groups -OCH3 is 1. The van der Waals surface area contributed by atoms with Gasteiger partial charge in [0.05, 0.1) is 29.9 Å². The number of alkyl halides is 3. The van der Waals surface area contributed by atoms with Crippen molar-refractivity contribution in [3.8, 4) is 11.5 Å².